The highest BCUT2D eigenvalue weighted by Gasteiger charge is 2.30. The number of amides is 1. The highest BCUT2D eigenvalue weighted by molar-refractivity contribution is 8.40. The number of carbonyl (C=O) groups is 1. The monoisotopic (exact) mass is 365 g/mol. The van der Waals surface area contributed by atoms with Crippen LogP contribution >= 0.6 is 23.5 Å². The first-order valence-electron chi connectivity index (χ1n) is 7.62. The van der Waals surface area contributed by atoms with Crippen molar-refractivity contribution in [3.8, 4) is 5.75 Å². The van der Waals surface area contributed by atoms with E-state index in [1.54, 1.807) is 6.08 Å². The van der Waals surface area contributed by atoms with Gasteiger partial charge in [0.05, 0.1) is 16.3 Å². The van der Waals surface area contributed by atoms with Gasteiger partial charge >= 0.3 is 0 Å². The summed E-state index contributed by atoms with van der Waals surface area (Å²) in [5, 5.41) is 10.6. The lowest BCUT2D eigenvalue weighted by molar-refractivity contribution is -0.113. The Morgan fingerprint density at radius 1 is 1.04 bits per heavy atom. The molecule has 7 heteroatoms. The number of aliphatic imine (C=N–C) groups is 1. The Labute approximate surface area is 151 Å². The Morgan fingerprint density at radius 3 is 1.92 bits per heavy atom. The van der Waals surface area contributed by atoms with E-state index >= 15 is 0 Å². The lowest BCUT2D eigenvalue weighted by Crippen LogP contribution is -2.21. The zero-order valence-electron chi connectivity index (χ0n) is 15.1. The van der Waals surface area contributed by atoms with Gasteiger partial charge in [-0.15, -0.1) is 11.8 Å². The second-order valence-corrected chi connectivity index (χ2v) is 9.71. The maximum absolute atomic E-state index is 12.0. The summed E-state index contributed by atoms with van der Waals surface area (Å²) in [5.74, 6) is 0.287. The van der Waals surface area contributed by atoms with Gasteiger partial charge in [0, 0.05) is 16.9 Å². The van der Waals surface area contributed by atoms with Gasteiger partial charge in [0.25, 0.3) is 5.91 Å². The molecule has 1 amide bonds. The highest BCUT2D eigenvalue weighted by Crippen LogP contribution is 2.37. The van der Waals surface area contributed by atoms with E-state index in [1.165, 1.54) is 23.5 Å². The molecule has 0 radical (unpaired) electrons. The van der Waals surface area contributed by atoms with Gasteiger partial charge in [-0.2, -0.15) is 4.99 Å². The minimum absolute atomic E-state index is 0.128. The first-order valence-corrected chi connectivity index (χ1v) is 9.66. The lowest BCUT2D eigenvalue weighted by Gasteiger charge is -2.25. The maximum Gasteiger partial charge on any atom is 0.285 e. The molecule has 1 aromatic rings. The van der Waals surface area contributed by atoms with Crippen molar-refractivity contribution in [3.05, 3.63) is 22.1 Å². The maximum atomic E-state index is 12.0. The molecule has 0 bridgehead atoms. The van der Waals surface area contributed by atoms with Gasteiger partial charge in [0.1, 0.15) is 4.38 Å². The zero-order chi connectivity index (χ0) is 18.3. The van der Waals surface area contributed by atoms with Gasteiger partial charge in [-0.1, -0.05) is 53.3 Å². The lowest BCUT2D eigenvalue weighted by atomic mass is 9.85. The fraction of sp³-hybridized carbons (Fsp3) is 0.529. The van der Waals surface area contributed by atoms with E-state index < -0.39 is 0 Å². The van der Waals surface area contributed by atoms with Crippen LogP contribution in [0.15, 0.2) is 9.90 Å². The van der Waals surface area contributed by atoms with Gasteiger partial charge in [0.2, 0.25) is 0 Å². The number of rotatable bonds is 1. The van der Waals surface area contributed by atoms with E-state index in [9.17, 15) is 9.90 Å². The number of aromatic nitrogens is 2. The van der Waals surface area contributed by atoms with Gasteiger partial charge in [-0.25, -0.2) is 9.97 Å². The molecule has 130 valence electrons. The molecule has 0 unspecified atom stereocenters. The third-order valence-electron chi connectivity index (χ3n) is 3.36. The van der Waals surface area contributed by atoms with Gasteiger partial charge in [0.15, 0.2) is 11.6 Å². The van der Waals surface area contributed by atoms with Crippen LogP contribution in [0.4, 0.5) is 0 Å². The molecule has 0 saturated heterocycles. The van der Waals surface area contributed by atoms with Crippen LogP contribution in [0.2, 0.25) is 0 Å². The van der Waals surface area contributed by atoms with Crippen LogP contribution in [0.5, 0.6) is 5.75 Å². The smallest absolute Gasteiger partial charge is 0.285 e. The fourth-order valence-electron chi connectivity index (χ4n) is 2.18. The van der Waals surface area contributed by atoms with E-state index in [-0.39, 0.29) is 22.5 Å². The van der Waals surface area contributed by atoms with Crippen LogP contribution in [0.25, 0.3) is 6.08 Å². The molecule has 0 spiro atoms. The molecular weight excluding hydrogens is 342 g/mol. The minimum Gasteiger partial charge on any atom is -0.504 e. The third-order valence-corrected chi connectivity index (χ3v) is 5.33. The molecule has 1 N–H and O–H groups in total. The summed E-state index contributed by atoms with van der Waals surface area (Å²) in [7, 11) is 0. The van der Waals surface area contributed by atoms with E-state index in [0.717, 1.165) is 4.38 Å². The molecule has 0 aromatic carbocycles. The van der Waals surface area contributed by atoms with E-state index in [1.807, 2.05) is 47.8 Å². The number of hydrogen-bond donors (Lipinski definition) is 1. The highest BCUT2D eigenvalue weighted by atomic mass is 32.2. The standard InChI is InChI=1S/C17H23N3O2S2/c1-16(2,3)12-11(21)13(17(4,5)6)19-10(18-12)8-9-14(22)20-15(23-7)24-9/h8,21H,1-7H3. The van der Waals surface area contributed by atoms with Crippen LogP contribution in [-0.4, -0.2) is 31.6 Å². The molecule has 1 aliphatic rings. The van der Waals surface area contributed by atoms with Crippen molar-refractivity contribution in [3.63, 3.8) is 0 Å². The number of carbonyl (C=O) groups excluding carboxylic acids is 1. The van der Waals surface area contributed by atoms with Crippen LogP contribution in [0.3, 0.4) is 0 Å². The second-order valence-electron chi connectivity index (χ2n) is 7.63. The molecule has 5 nitrogen and oxygen atoms in total. The minimum atomic E-state index is -0.339. The molecule has 0 fully saturated rings. The Hall–Kier alpha value is -1.34. The van der Waals surface area contributed by atoms with Crippen LogP contribution in [0.1, 0.15) is 58.8 Å². The van der Waals surface area contributed by atoms with Crippen LogP contribution < -0.4 is 0 Å². The van der Waals surface area contributed by atoms with Crippen molar-refractivity contribution < 1.29 is 9.90 Å². The largest absolute Gasteiger partial charge is 0.504 e. The predicted molar refractivity (Wildman–Crippen MR) is 103 cm³/mol. The van der Waals surface area contributed by atoms with Crippen molar-refractivity contribution in [2.45, 2.75) is 52.4 Å². The zero-order valence-corrected chi connectivity index (χ0v) is 16.7. The Kier molecular flexibility index (Phi) is 5.16. The number of aromatic hydroxyl groups is 1. The Balaban J connectivity index is 2.58. The van der Waals surface area contributed by atoms with E-state index in [4.69, 9.17) is 0 Å². The molecule has 0 atom stereocenters. The number of thioether (sulfide) groups is 2. The molecule has 0 saturated carbocycles. The average molecular weight is 366 g/mol. The first-order chi connectivity index (χ1) is 10.9. The van der Waals surface area contributed by atoms with Crippen molar-refractivity contribution >= 4 is 39.9 Å². The third kappa shape index (κ3) is 4.00. The first kappa shape index (κ1) is 19.0. The predicted octanol–water partition coefficient (Wildman–Crippen LogP) is 4.11. The summed E-state index contributed by atoms with van der Waals surface area (Å²) in [4.78, 5) is 25.5. The molecule has 24 heavy (non-hydrogen) atoms. The van der Waals surface area contributed by atoms with Crippen LogP contribution in [-0.2, 0) is 15.6 Å². The molecule has 2 heterocycles. The normalized spacial score (nSPS) is 17.5. The summed E-state index contributed by atoms with van der Waals surface area (Å²) in [5.41, 5.74) is 0.480. The summed E-state index contributed by atoms with van der Waals surface area (Å²) in [6.45, 7) is 11.9. The molecule has 1 aliphatic heterocycles. The number of nitrogens with zero attached hydrogens (tertiary/aromatic N) is 3. The summed E-state index contributed by atoms with van der Waals surface area (Å²) >= 11 is 2.76. The Bertz CT molecular complexity index is 706. The SMILES string of the molecule is CSC1=NC(=O)C(=Cc2nc(C(C)(C)C)c(O)c(C(C)(C)C)n2)S1. The topological polar surface area (TPSA) is 75.4 Å². The summed E-state index contributed by atoms with van der Waals surface area (Å²) < 4.78 is 0.720. The van der Waals surface area contributed by atoms with Gasteiger partial charge in [-0.05, 0) is 6.26 Å². The quantitative estimate of drug-likeness (QED) is 0.755. The van der Waals surface area contributed by atoms with Crippen LogP contribution in [0, 0.1) is 0 Å². The van der Waals surface area contributed by atoms with Crippen molar-refractivity contribution in [2.75, 3.05) is 6.26 Å². The van der Waals surface area contributed by atoms with Crippen molar-refractivity contribution in [1.29, 1.82) is 0 Å². The molecule has 2 rings (SSSR count). The van der Waals surface area contributed by atoms with E-state index in [0.29, 0.717) is 22.1 Å². The fourth-order valence-corrected chi connectivity index (χ4v) is 3.57. The van der Waals surface area contributed by atoms with Crippen molar-refractivity contribution in [2.24, 2.45) is 4.99 Å². The second kappa shape index (κ2) is 6.52. The molecular formula is C17H23N3O2S2. The summed E-state index contributed by atoms with van der Waals surface area (Å²) in [6.07, 6.45) is 3.54. The van der Waals surface area contributed by atoms with Crippen molar-refractivity contribution in [1.82, 2.24) is 9.97 Å². The van der Waals surface area contributed by atoms with Gasteiger partial charge in [-0.3, -0.25) is 4.79 Å². The number of hydrogen-bond acceptors (Lipinski definition) is 6. The molecule has 0 aliphatic carbocycles. The Morgan fingerprint density at radius 2 is 1.54 bits per heavy atom. The summed E-state index contributed by atoms with van der Waals surface area (Å²) in [6, 6.07) is 0. The van der Waals surface area contributed by atoms with Gasteiger partial charge < -0.3 is 5.11 Å². The molecule has 1 aromatic heterocycles. The van der Waals surface area contributed by atoms with E-state index in [2.05, 4.69) is 15.0 Å². The average Bonchev–Trinajstić information content (AvgIpc) is 2.78.